The van der Waals surface area contributed by atoms with Gasteiger partial charge in [0.2, 0.25) is 11.8 Å². The van der Waals surface area contributed by atoms with Crippen molar-refractivity contribution in [2.24, 2.45) is 0 Å². The van der Waals surface area contributed by atoms with Gasteiger partial charge in [-0.2, -0.15) is 0 Å². The Morgan fingerprint density at radius 3 is 2.11 bits per heavy atom. The number of nitrogens with two attached hydrogens (primary N) is 1. The van der Waals surface area contributed by atoms with E-state index in [4.69, 9.17) is 15.2 Å². The second kappa shape index (κ2) is 20.0. The molecule has 0 radical (unpaired) electrons. The number of carbonyl (C=O) groups excluding carboxylic acids is 2. The van der Waals surface area contributed by atoms with Crippen LogP contribution >= 0.6 is 0 Å². The highest BCUT2D eigenvalue weighted by atomic mass is 16.7. The molecule has 0 aromatic heterocycles. The molecule has 1 saturated heterocycles. The highest BCUT2D eigenvalue weighted by Gasteiger charge is 2.34. The summed E-state index contributed by atoms with van der Waals surface area (Å²) in [6, 6.07) is 32.5. The number of unbranched alkanes of at least 4 members (excludes halogenated alkanes) is 3. The van der Waals surface area contributed by atoms with Crippen LogP contribution in [0.25, 0.3) is 0 Å². The van der Waals surface area contributed by atoms with Crippen LogP contribution in [0.2, 0.25) is 0 Å². The van der Waals surface area contributed by atoms with Crippen LogP contribution in [0.1, 0.15) is 98.2 Å². The van der Waals surface area contributed by atoms with Crippen molar-refractivity contribution in [2.75, 3.05) is 24.6 Å². The van der Waals surface area contributed by atoms with E-state index in [1.54, 1.807) is 12.1 Å². The van der Waals surface area contributed by atoms with Crippen molar-refractivity contribution in [3.8, 4) is 0 Å². The quantitative estimate of drug-likeness (QED) is 0.0548. The van der Waals surface area contributed by atoms with Crippen LogP contribution in [0.5, 0.6) is 0 Å². The molecule has 1 heterocycles. The second-order valence-corrected chi connectivity index (χ2v) is 14.0. The van der Waals surface area contributed by atoms with Crippen LogP contribution in [-0.4, -0.2) is 52.7 Å². The standard InChI is InChI=1S/C43H54N4O6/c1-30(42(51)34-12-6-5-7-13-34)47(2)28-36-26-39(33-22-20-32(29-48)21-23-33)53-43(52-36)35-24-18-31(19-25-35)27-45-40(49)16-8-3-4-9-17-41(50)46-38-15-11-10-14-37(38)44/h5-7,10-15,18-25,30,36,39,42-43,48,51H,3-4,8-9,16-17,26-29,44H2,1-2H3,(H,45,49)(H,46,50)/t30-,36+,39-,42-,43-/m0/s1. The summed E-state index contributed by atoms with van der Waals surface area (Å²) in [6.07, 6.45) is 3.12. The molecule has 1 fully saturated rings. The molecule has 0 saturated carbocycles. The Morgan fingerprint density at radius 2 is 1.43 bits per heavy atom. The first-order valence-corrected chi connectivity index (χ1v) is 18.6. The van der Waals surface area contributed by atoms with Crippen molar-refractivity contribution in [1.82, 2.24) is 10.2 Å². The molecular weight excluding hydrogens is 668 g/mol. The van der Waals surface area contributed by atoms with E-state index in [2.05, 4.69) is 15.5 Å². The van der Waals surface area contributed by atoms with E-state index in [1.807, 2.05) is 105 Å². The Morgan fingerprint density at radius 1 is 0.811 bits per heavy atom. The molecule has 0 aliphatic carbocycles. The van der Waals surface area contributed by atoms with E-state index in [0.29, 0.717) is 43.7 Å². The number of hydrogen-bond acceptors (Lipinski definition) is 8. The SMILES string of the molecule is C[C@@H]([C@H](O)c1ccccc1)N(C)C[C@H]1C[C@@H](c2ccc(CO)cc2)O[C@@H](c2ccc(CNC(=O)CCCCCCC(=O)Nc3ccccc3N)cc2)O1. The topological polar surface area (TPSA) is 146 Å². The molecule has 2 amide bonds. The number of nitrogens with one attached hydrogen (secondary N) is 2. The summed E-state index contributed by atoms with van der Waals surface area (Å²) >= 11 is 0. The summed E-state index contributed by atoms with van der Waals surface area (Å²) in [4.78, 5) is 26.9. The van der Waals surface area contributed by atoms with Crippen molar-refractivity contribution in [3.05, 3.63) is 131 Å². The lowest BCUT2D eigenvalue weighted by Gasteiger charge is -2.39. The number of aliphatic hydroxyl groups is 2. The summed E-state index contributed by atoms with van der Waals surface area (Å²) in [7, 11) is 2.00. The van der Waals surface area contributed by atoms with Crippen molar-refractivity contribution in [3.63, 3.8) is 0 Å². The molecule has 4 aromatic carbocycles. The summed E-state index contributed by atoms with van der Waals surface area (Å²) in [5.41, 5.74) is 11.6. The first kappa shape index (κ1) is 39.6. The fraction of sp³-hybridized carbons (Fsp3) is 0.395. The Bertz CT molecular complexity index is 1720. The van der Waals surface area contributed by atoms with Gasteiger partial charge in [-0.1, -0.05) is 104 Å². The third-order valence-electron chi connectivity index (χ3n) is 9.93. The maximum Gasteiger partial charge on any atom is 0.224 e. The molecule has 6 N–H and O–H groups in total. The van der Waals surface area contributed by atoms with Gasteiger partial charge in [0.05, 0.1) is 36.3 Å². The first-order chi connectivity index (χ1) is 25.7. The summed E-state index contributed by atoms with van der Waals surface area (Å²) in [5, 5.41) is 26.5. The molecule has 10 nitrogen and oxygen atoms in total. The second-order valence-electron chi connectivity index (χ2n) is 14.0. The van der Waals surface area contributed by atoms with Crippen molar-refractivity contribution in [1.29, 1.82) is 0 Å². The fourth-order valence-corrected chi connectivity index (χ4v) is 6.52. The molecule has 53 heavy (non-hydrogen) atoms. The zero-order chi connectivity index (χ0) is 37.6. The van der Waals surface area contributed by atoms with Crippen molar-refractivity contribution < 1.29 is 29.3 Å². The van der Waals surface area contributed by atoms with Gasteiger partial charge in [0.15, 0.2) is 6.29 Å². The number of benzene rings is 4. The predicted octanol–water partition coefficient (Wildman–Crippen LogP) is 6.96. The number of amides is 2. The fourth-order valence-electron chi connectivity index (χ4n) is 6.52. The lowest BCUT2D eigenvalue weighted by molar-refractivity contribution is -0.253. The number of para-hydroxylation sites is 2. The molecule has 5 atom stereocenters. The number of carbonyl (C=O) groups is 2. The minimum atomic E-state index is -0.641. The van der Waals surface area contributed by atoms with Crippen molar-refractivity contribution >= 4 is 23.2 Å². The third-order valence-corrected chi connectivity index (χ3v) is 9.93. The molecule has 4 aromatic rings. The van der Waals surface area contributed by atoms with Crippen LogP contribution in [0.15, 0.2) is 103 Å². The monoisotopic (exact) mass is 722 g/mol. The maximum atomic E-state index is 12.6. The number of ether oxygens (including phenoxy) is 2. The minimum Gasteiger partial charge on any atom is -0.397 e. The van der Waals surface area contributed by atoms with Gasteiger partial charge >= 0.3 is 0 Å². The summed E-state index contributed by atoms with van der Waals surface area (Å²) in [6.45, 7) is 3.01. The van der Waals surface area contributed by atoms with E-state index in [9.17, 15) is 19.8 Å². The molecule has 1 aliphatic rings. The van der Waals surface area contributed by atoms with Crippen LogP contribution in [-0.2, 0) is 32.2 Å². The Kier molecular flexibility index (Phi) is 15.0. The number of nitrogen functional groups attached to an aromatic ring is 1. The maximum absolute atomic E-state index is 12.6. The average molecular weight is 723 g/mol. The van der Waals surface area contributed by atoms with E-state index in [0.717, 1.165) is 53.5 Å². The minimum absolute atomic E-state index is 0.000972. The number of rotatable bonds is 18. The lowest BCUT2D eigenvalue weighted by atomic mass is 9.98. The lowest BCUT2D eigenvalue weighted by Crippen LogP contribution is -2.43. The Hall–Kier alpha value is -4.58. The van der Waals surface area contributed by atoms with Gasteiger partial charge in [0.1, 0.15) is 0 Å². The Balaban J connectivity index is 1.09. The van der Waals surface area contributed by atoms with Crippen LogP contribution in [0, 0.1) is 0 Å². The highest BCUT2D eigenvalue weighted by Crippen LogP contribution is 2.38. The molecule has 5 rings (SSSR count). The largest absolute Gasteiger partial charge is 0.397 e. The molecule has 282 valence electrons. The van der Waals surface area contributed by atoms with Gasteiger partial charge in [-0.3, -0.25) is 14.5 Å². The van der Waals surface area contributed by atoms with Gasteiger partial charge < -0.3 is 36.1 Å². The average Bonchev–Trinajstić information content (AvgIpc) is 3.19. The van der Waals surface area contributed by atoms with Gasteiger partial charge in [-0.25, -0.2) is 0 Å². The van der Waals surface area contributed by atoms with Gasteiger partial charge in [-0.15, -0.1) is 0 Å². The molecule has 10 heteroatoms. The van der Waals surface area contributed by atoms with Crippen LogP contribution < -0.4 is 16.4 Å². The molecule has 0 bridgehead atoms. The van der Waals surface area contributed by atoms with E-state index >= 15 is 0 Å². The third kappa shape index (κ3) is 12.0. The molecule has 0 spiro atoms. The molecule has 0 unspecified atom stereocenters. The zero-order valence-electron chi connectivity index (χ0n) is 30.8. The zero-order valence-corrected chi connectivity index (χ0v) is 30.8. The van der Waals surface area contributed by atoms with Gasteiger partial charge in [0, 0.05) is 44.0 Å². The van der Waals surface area contributed by atoms with Gasteiger partial charge in [0.25, 0.3) is 0 Å². The smallest absolute Gasteiger partial charge is 0.224 e. The first-order valence-electron chi connectivity index (χ1n) is 18.6. The molecular formula is C43H54N4O6. The predicted molar refractivity (Wildman–Crippen MR) is 207 cm³/mol. The van der Waals surface area contributed by atoms with Crippen molar-refractivity contribution in [2.45, 2.75) is 95.7 Å². The number of nitrogens with zero attached hydrogens (tertiary/aromatic N) is 1. The highest BCUT2D eigenvalue weighted by molar-refractivity contribution is 5.93. The van der Waals surface area contributed by atoms with Crippen LogP contribution in [0.3, 0.4) is 0 Å². The number of hydrogen-bond donors (Lipinski definition) is 5. The Labute approximate surface area is 313 Å². The van der Waals surface area contributed by atoms with E-state index in [1.165, 1.54) is 0 Å². The summed E-state index contributed by atoms with van der Waals surface area (Å²) < 4.78 is 13.1. The normalized spacial score (nSPS) is 18.3. The summed E-state index contributed by atoms with van der Waals surface area (Å²) in [5.74, 6) is -0.0575. The molecule has 1 aliphatic heterocycles. The number of likely N-dealkylation sites (N-methyl/N-ethyl adjacent to an activating group) is 1. The number of aliphatic hydroxyl groups excluding tert-OH is 2. The van der Waals surface area contributed by atoms with E-state index in [-0.39, 0.29) is 36.7 Å². The van der Waals surface area contributed by atoms with E-state index < -0.39 is 12.4 Å². The van der Waals surface area contributed by atoms with Crippen LogP contribution in [0.4, 0.5) is 11.4 Å². The number of anilines is 2. The van der Waals surface area contributed by atoms with Gasteiger partial charge in [-0.05, 0) is 61.2 Å².